The second-order valence-electron chi connectivity index (χ2n) is 5.06. The molecule has 0 aromatic heterocycles. The van der Waals surface area contributed by atoms with Crippen molar-refractivity contribution >= 4 is 24.2 Å². The Hall–Kier alpha value is -1.42. The highest BCUT2D eigenvalue weighted by molar-refractivity contribution is 6.28. The number of halogens is 2. The van der Waals surface area contributed by atoms with Gasteiger partial charge in [-0.05, 0) is 44.9 Å². The summed E-state index contributed by atoms with van der Waals surface area (Å²) in [4.78, 5) is 7.82. The molecule has 1 atom stereocenters. The fourth-order valence-corrected chi connectivity index (χ4v) is 2.01. The summed E-state index contributed by atoms with van der Waals surface area (Å²) < 4.78 is 18.8. The first kappa shape index (κ1) is 20.6. The molecule has 0 aromatic carbocycles. The molecule has 0 N–H and O–H groups in total. The largest absolute Gasteiger partial charge is 0.501 e. The topological polar surface area (TPSA) is 34.0 Å². The van der Waals surface area contributed by atoms with Gasteiger partial charge in [0, 0.05) is 6.42 Å². The predicted molar refractivity (Wildman–Crippen MR) is 94.4 cm³/mol. The van der Waals surface area contributed by atoms with E-state index in [1.165, 1.54) is 6.92 Å². The van der Waals surface area contributed by atoms with Crippen LogP contribution in [-0.2, 0) is 4.74 Å². The van der Waals surface area contributed by atoms with Gasteiger partial charge in [0.25, 0.3) is 0 Å². The van der Waals surface area contributed by atoms with Gasteiger partial charge in [-0.2, -0.15) is 0 Å². The van der Waals surface area contributed by atoms with Crippen LogP contribution in [0.15, 0.2) is 46.0 Å². The van der Waals surface area contributed by atoms with Gasteiger partial charge >= 0.3 is 0 Å². The van der Waals surface area contributed by atoms with Crippen molar-refractivity contribution in [1.29, 1.82) is 0 Å². The van der Waals surface area contributed by atoms with Crippen molar-refractivity contribution in [2.24, 2.45) is 15.9 Å². The number of amidine groups is 1. The van der Waals surface area contributed by atoms with Gasteiger partial charge in [-0.25, -0.2) is 14.4 Å². The fourth-order valence-electron chi connectivity index (χ4n) is 1.87. The summed E-state index contributed by atoms with van der Waals surface area (Å²) in [5.41, 5.74) is 0.392. The molecular formula is C17H26ClFN2O. The van der Waals surface area contributed by atoms with Crippen LogP contribution in [0, 0.1) is 5.92 Å². The third-order valence-corrected chi connectivity index (χ3v) is 3.53. The molecule has 0 saturated carbocycles. The van der Waals surface area contributed by atoms with Crippen molar-refractivity contribution in [3.8, 4) is 0 Å². The van der Waals surface area contributed by atoms with E-state index in [0.717, 1.165) is 25.0 Å². The van der Waals surface area contributed by atoms with Gasteiger partial charge in [0.05, 0.1) is 24.4 Å². The molecule has 0 saturated heterocycles. The third-order valence-electron chi connectivity index (χ3n) is 3.29. The van der Waals surface area contributed by atoms with Crippen LogP contribution >= 0.6 is 11.6 Å². The number of methoxy groups -OCH3 is 1. The second-order valence-corrected chi connectivity index (χ2v) is 5.32. The maximum Gasteiger partial charge on any atom is 0.142 e. The Bertz CT molecular complexity index is 452. The first-order valence-corrected chi connectivity index (χ1v) is 7.82. The van der Waals surface area contributed by atoms with E-state index in [9.17, 15) is 4.39 Å². The summed E-state index contributed by atoms with van der Waals surface area (Å²) in [7, 11) is 1.65. The molecule has 0 amide bonds. The minimum absolute atomic E-state index is 0.124. The maximum atomic E-state index is 13.5. The number of ether oxygens (including phenoxy) is 1. The number of hydrogen-bond donors (Lipinski definition) is 0. The van der Waals surface area contributed by atoms with E-state index in [-0.39, 0.29) is 11.7 Å². The van der Waals surface area contributed by atoms with Crippen molar-refractivity contribution in [3.05, 3.63) is 36.0 Å². The number of rotatable bonds is 10. The summed E-state index contributed by atoms with van der Waals surface area (Å²) in [5.74, 6) is 1.49. The first-order chi connectivity index (χ1) is 10.5. The zero-order valence-electron chi connectivity index (χ0n) is 13.7. The van der Waals surface area contributed by atoms with Crippen LogP contribution in [0.3, 0.4) is 0 Å². The number of nitrogens with zero attached hydrogens (tertiary/aromatic N) is 2. The van der Waals surface area contributed by atoms with Crippen LogP contribution in [0.1, 0.15) is 39.5 Å². The average molecular weight is 329 g/mol. The summed E-state index contributed by atoms with van der Waals surface area (Å²) in [5, 5.41) is 0. The van der Waals surface area contributed by atoms with Gasteiger partial charge in [-0.3, -0.25) is 0 Å². The molecule has 0 spiro atoms. The highest BCUT2D eigenvalue weighted by Crippen LogP contribution is 2.22. The predicted octanol–water partition coefficient (Wildman–Crippen LogP) is 5.44. The van der Waals surface area contributed by atoms with Gasteiger partial charge < -0.3 is 4.74 Å². The lowest BCUT2D eigenvalue weighted by Gasteiger charge is -2.13. The van der Waals surface area contributed by atoms with Gasteiger partial charge in [-0.1, -0.05) is 19.6 Å². The molecule has 0 aliphatic rings. The number of alkyl halides is 1. The highest BCUT2D eigenvalue weighted by Gasteiger charge is 2.09. The smallest absolute Gasteiger partial charge is 0.142 e. The Morgan fingerprint density at radius 1 is 1.36 bits per heavy atom. The molecule has 5 heteroatoms. The Labute approximate surface area is 138 Å². The molecule has 1 unspecified atom stereocenters. The summed E-state index contributed by atoms with van der Waals surface area (Å²) in [6, 6.07) is 0. The standard InChI is InChI=1S/C17H26ClFN2O/c1-6-7-15(22-5)10-8-13(2)9-11-16(14(3)19)21-17(12-18)20-4/h6-7,13H,1,4,8-12H2,2-3,5H3/b15-7+,16-14-,21-17-. The van der Waals surface area contributed by atoms with Crippen molar-refractivity contribution in [3.63, 3.8) is 0 Å². The Morgan fingerprint density at radius 2 is 2.00 bits per heavy atom. The molecule has 0 rings (SSSR count). The number of aliphatic imine (C=N–C) groups is 2. The average Bonchev–Trinajstić information content (AvgIpc) is 2.51. The molecule has 3 nitrogen and oxygen atoms in total. The molecular weight excluding hydrogens is 303 g/mol. The van der Waals surface area contributed by atoms with Crippen LogP contribution in [0.2, 0.25) is 0 Å². The van der Waals surface area contributed by atoms with Gasteiger partial charge in [0.2, 0.25) is 0 Å². The number of hydrogen-bond acceptors (Lipinski definition) is 2. The molecule has 124 valence electrons. The lowest BCUT2D eigenvalue weighted by atomic mass is 9.98. The van der Waals surface area contributed by atoms with Gasteiger partial charge in [-0.15, -0.1) is 11.6 Å². The van der Waals surface area contributed by atoms with Crippen molar-refractivity contribution in [2.45, 2.75) is 39.5 Å². The van der Waals surface area contributed by atoms with E-state index in [1.807, 2.05) is 6.08 Å². The lowest BCUT2D eigenvalue weighted by Crippen LogP contribution is -2.01. The van der Waals surface area contributed by atoms with Crippen LogP contribution in [0.5, 0.6) is 0 Å². The Kier molecular flexibility index (Phi) is 11.4. The summed E-state index contributed by atoms with van der Waals surface area (Å²) in [6.07, 6.45) is 6.74. The maximum absolute atomic E-state index is 13.5. The molecule has 0 heterocycles. The zero-order valence-corrected chi connectivity index (χ0v) is 14.5. The zero-order chi connectivity index (χ0) is 17.0. The molecule has 0 aliphatic carbocycles. The van der Waals surface area contributed by atoms with E-state index >= 15 is 0 Å². The van der Waals surface area contributed by atoms with Crippen LogP contribution in [0.25, 0.3) is 0 Å². The van der Waals surface area contributed by atoms with Crippen molar-refractivity contribution in [1.82, 2.24) is 0 Å². The summed E-state index contributed by atoms with van der Waals surface area (Å²) in [6.45, 7) is 10.6. The van der Waals surface area contributed by atoms with Crippen LogP contribution in [0.4, 0.5) is 4.39 Å². The van der Waals surface area contributed by atoms with E-state index in [4.69, 9.17) is 16.3 Å². The van der Waals surface area contributed by atoms with E-state index in [1.54, 1.807) is 13.2 Å². The van der Waals surface area contributed by atoms with Crippen molar-refractivity contribution in [2.75, 3.05) is 13.0 Å². The first-order valence-electron chi connectivity index (χ1n) is 7.29. The van der Waals surface area contributed by atoms with E-state index in [0.29, 0.717) is 23.9 Å². The quantitative estimate of drug-likeness (QED) is 0.173. The SMILES string of the molecule is C=C/C=C(\CCC(C)CCC(/N=C(/CCl)N=C)=C(\C)F)OC. The van der Waals surface area contributed by atoms with Gasteiger partial charge in [0.15, 0.2) is 0 Å². The van der Waals surface area contributed by atoms with Gasteiger partial charge in [0.1, 0.15) is 11.7 Å². The minimum Gasteiger partial charge on any atom is -0.501 e. The molecule has 22 heavy (non-hydrogen) atoms. The molecule has 0 fully saturated rings. The second kappa shape index (κ2) is 12.2. The highest BCUT2D eigenvalue weighted by atomic mass is 35.5. The summed E-state index contributed by atoms with van der Waals surface area (Å²) >= 11 is 5.67. The van der Waals surface area contributed by atoms with Crippen LogP contribution in [-0.4, -0.2) is 25.5 Å². The monoisotopic (exact) mass is 328 g/mol. The Morgan fingerprint density at radius 3 is 2.45 bits per heavy atom. The molecule has 0 aromatic rings. The van der Waals surface area contributed by atoms with Crippen molar-refractivity contribution < 1.29 is 9.13 Å². The van der Waals surface area contributed by atoms with E-state index < -0.39 is 0 Å². The molecule has 0 aliphatic heterocycles. The third kappa shape index (κ3) is 8.78. The number of allylic oxidation sites excluding steroid dienone is 5. The minimum atomic E-state index is -0.303. The fraction of sp³-hybridized carbons (Fsp3) is 0.529. The normalized spacial score (nSPS) is 15.1. The lowest BCUT2D eigenvalue weighted by molar-refractivity contribution is 0.268. The van der Waals surface area contributed by atoms with E-state index in [2.05, 4.69) is 30.2 Å². The van der Waals surface area contributed by atoms with Crippen LogP contribution < -0.4 is 0 Å². The molecule has 0 radical (unpaired) electrons. The molecule has 0 bridgehead atoms. The Balaban J connectivity index is 4.53.